The third-order valence-electron chi connectivity index (χ3n) is 4.83. The normalized spacial score (nSPS) is 15.0. The molecular weight excluding hydrogens is 511 g/mol. The Labute approximate surface area is 201 Å². The zero-order chi connectivity index (χ0) is 21.8. The molecule has 1 saturated heterocycles. The fourth-order valence-corrected chi connectivity index (χ4v) is 3.23. The molecule has 2 amide bonds. The van der Waals surface area contributed by atoms with Crippen LogP contribution in [0, 0.1) is 0 Å². The van der Waals surface area contributed by atoms with E-state index in [1.165, 1.54) is 0 Å². The lowest BCUT2D eigenvalue weighted by Gasteiger charge is -2.32. The van der Waals surface area contributed by atoms with E-state index < -0.39 is 5.91 Å². The zero-order valence-electron chi connectivity index (χ0n) is 18.4. The van der Waals surface area contributed by atoms with Crippen molar-refractivity contribution < 1.29 is 14.3 Å². The van der Waals surface area contributed by atoms with Gasteiger partial charge in [0.2, 0.25) is 5.91 Å². The van der Waals surface area contributed by atoms with Gasteiger partial charge in [0.25, 0.3) is 5.91 Å². The third-order valence-corrected chi connectivity index (χ3v) is 4.83. The number of benzene rings is 1. The van der Waals surface area contributed by atoms with Crippen LogP contribution in [-0.4, -0.2) is 68.5 Å². The van der Waals surface area contributed by atoms with Crippen LogP contribution in [0.15, 0.2) is 29.3 Å². The van der Waals surface area contributed by atoms with Crippen LogP contribution in [0.3, 0.4) is 0 Å². The minimum atomic E-state index is -0.504. The molecule has 0 bridgehead atoms. The smallest absolute Gasteiger partial charge is 0.255 e. The average molecular weight is 546 g/mol. The molecule has 5 N–H and O–H groups in total. The summed E-state index contributed by atoms with van der Waals surface area (Å²) in [6.45, 7) is 5.45. The number of amides is 2. The lowest BCUT2D eigenvalue weighted by molar-refractivity contribution is -0.122. The van der Waals surface area contributed by atoms with Crippen molar-refractivity contribution in [3.8, 4) is 5.75 Å². The molecule has 1 fully saturated rings. The molecule has 0 unspecified atom stereocenters. The largest absolute Gasteiger partial charge is 0.484 e. The van der Waals surface area contributed by atoms with Gasteiger partial charge in [0, 0.05) is 39.3 Å². The summed E-state index contributed by atoms with van der Waals surface area (Å²) in [5.41, 5.74) is 6.12. The molecule has 1 aliphatic heterocycles. The molecular formula is C21H35IN6O3. The van der Waals surface area contributed by atoms with E-state index in [1.807, 2.05) is 25.1 Å². The summed E-state index contributed by atoms with van der Waals surface area (Å²) in [5.74, 6) is 0.933. The number of halogens is 1. The number of rotatable bonds is 10. The van der Waals surface area contributed by atoms with Crippen LogP contribution in [0.1, 0.15) is 31.7 Å². The van der Waals surface area contributed by atoms with Crippen molar-refractivity contribution in [2.75, 3.05) is 39.8 Å². The number of carbonyl (C=O) groups excluding carboxylic acids is 2. The number of carbonyl (C=O) groups is 2. The summed E-state index contributed by atoms with van der Waals surface area (Å²) in [5, 5.41) is 9.69. The number of ether oxygens (including phenoxy) is 1. The minimum absolute atomic E-state index is 0. The molecule has 1 aromatic carbocycles. The lowest BCUT2D eigenvalue weighted by Crippen LogP contribution is -2.50. The SMILES string of the molecule is CCCNC(=O)CN1CCC(NC(=NC)NCc2cccc(OCC(N)=O)c2)CC1.I. The Bertz CT molecular complexity index is 723. The summed E-state index contributed by atoms with van der Waals surface area (Å²) in [6.07, 6.45) is 2.87. The lowest BCUT2D eigenvalue weighted by atomic mass is 10.1. The first-order valence-corrected chi connectivity index (χ1v) is 10.5. The van der Waals surface area contributed by atoms with Crippen molar-refractivity contribution in [2.45, 2.75) is 38.8 Å². The molecule has 9 nitrogen and oxygen atoms in total. The zero-order valence-corrected chi connectivity index (χ0v) is 20.7. The predicted molar refractivity (Wildman–Crippen MR) is 133 cm³/mol. The first-order valence-electron chi connectivity index (χ1n) is 10.5. The predicted octanol–water partition coefficient (Wildman–Crippen LogP) is 0.824. The van der Waals surface area contributed by atoms with E-state index in [4.69, 9.17) is 10.5 Å². The number of nitrogens with one attached hydrogen (secondary N) is 3. The Kier molecular flexibility index (Phi) is 12.9. The van der Waals surface area contributed by atoms with Crippen molar-refractivity contribution in [3.63, 3.8) is 0 Å². The van der Waals surface area contributed by atoms with E-state index in [9.17, 15) is 9.59 Å². The van der Waals surface area contributed by atoms with Crippen LogP contribution in [-0.2, 0) is 16.1 Å². The fourth-order valence-electron chi connectivity index (χ4n) is 3.23. The Balaban J connectivity index is 0.00000480. The van der Waals surface area contributed by atoms with Crippen LogP contribution in [0.4, 0.5) is 0 Å². The number of hydrogen-bond acceptors (Lipinski definition) is 5. The number of nitrogens with zero attached hydrogens (tertiary/aromatic N) is 2. The van der Waals surface area contributed by atoms with Gasteiger partial charge in [0.15, 0.2) is 12.6 Å². The van der Waals surface area contributed by atoms with Crippen LogP contribution in [0.5, 0.6) is 5.75 Å². The Morgan fingerprint density at radius 2 is 2.00 bits per heavy atom. The van der Waals surface area contributed by atoms with Gasteiger partial charge in [-0.05, 0) is 37.0 Å². The Morgan fingerprint density at radius 1 is 1.26 bits per heavy atom. The fraction of sp³-hybridized carbons (Fsp3) is 0.571. The maximum absolute atomic E-state index is 11.9. The highest BCUT2D eigenvalue weighted by molar-refractivity contribution is 14.0. The summed E-state index contributed by atoms with van der Waals surface area (Å²) in [6, 6.07) is 7.81. The molecule has 0 saturated carbocycles. The van der Waals surface area contributed by atoms with Crippen molar-refractivity contribution in [3.05, 3.63) is 29.8 Å². The third kappa shape index (κ3) is 10.7. The highest BCUT2D eigenvalue weighted by Crippen LogP contribution is 2.13. The van der Waals surface area contributed by atoms with Crippen molar-refractivity contribution in [1.82, 2.24) is 20.9 Å². The number of piperidine rings is 1. The average Bonchev–Trinajstić information content (AvgIpc) is 2.75. The van der Waals surface area contributed by atoms with E-state index in [1.54, 1.807) is 13.1 Å². The molecule has 10 heteroatoms. The van der Waals surface area contributed by atoms with Gasteiger partial charge in [-0.15, -0.1) is 24.0 Å². The van der Waals surface area contributed by atoms with Gasteiger partial charge in [-0.1, -0.05) is 19.1 Å². The van der Waals surface area contributed by atoms with Crippen molar-refractivity contribution in [1.29, 1.82) is 0 Å². The molecule has 0 spiro atoms. The maximum Gasteiger partial charge on any atom is 0.255 e. The van der Waals surface area contributed by atoms with Crippen LogP contribution < -0.4 is 26.4 Å². The Morgan fingerprint density at radius 3 is 2.65 bits per heavy atom. The molecule has 0 radical (unpaired) electrons. The Hall–Kier alpha value is -2.08. The number of nitrogens with two attached hydrogens (primary N) is 1. The van der Waals surface area contributed by atoms with Gasteiger partial charge in [-0.2, -0.15) is 0 Å². The van der Waals surface area contributed by atoms with E-state index in [2.05, 4.69) is 25.8 Å². The molecule has 2 rings (SSSR count). The van der Waals surface area contributed by atoms with E-state index >= 15 is 0 Å². The second-order valence-electron chi connectivity index (χ2n) is 7.37. The van der Waals surface area contributed by atoms with Crippen molar-refractivity contribution >= 4 is 41.8 Å². The second-order valence-corrected chi connectivity index (χ2v) is 7.37. The quantitative estimate of drug-likeness (QED) is 0.196. The summed E-state index contributed by atoms with van der Waals surface area (Å²) in [7, 11) is 1.74. The number of likely N-dealkylation sites (tertiary alicyclic amines) is 1. The number of primary amides is 1. The topological polar surface area (TPSA) is 121 Å². The van der Waals surface area contributed by atoms with Gasteiger partial charge in [0.05, 0.1) is 6.54 Å². The highest BCUT2D eigenvalue weighted by Gasteiger charge is 2.21. The highest BCUT2D eigenvalue weighted by atomic mass is 127. The van der Waals surface area contributed by atoms with Gasteiger partial charge in [-0.3, -0.25) is 19.5 Å². The van der Waals surface area contributed by atoms with Crippen molar-refractivity contribution in [2.24, 2.45) is 10.7 Å². The van der Waals surface area contributed by atoms with Crippen LogP contribution in [0.25, 0.3) is 0 Å². The molecule has 1 aromatic rings. The molecule has 31 heavy (non-hydrogen) atoms. The molecule has 0 aliphatic carbocycles. The number of hydrogen-bond donors (Lipinski definition) is 4. The van der Waals surface area contributed by atoms with Gasteiger partial charge in [-0.25, -0.2) is 0 Å². The van der Waals surface area contributed by atoms with E-state index in [0.29, 0.717) is 24.9 Å². The first kappa shape index (κ1) is 27.0. The molecule has 1 aliphatic rings. The standard InChI is InChI=1S/C21H34N6O3.HI/c1-3-9-24-20(29)14-27-10-7-17(8-11-27)26-21(23-2)25-13-16-5-4-6-18(12-16)30-15-19(22)28;/h4-6,12,17H,3,7-11,13-15H2,1-2H3,(H2,22,28)(H,24,29)(H2,23,25,26);1H. The van der Waals surface area contributed by atoms with Crippen LogP contribution >= 0.6 is 24.0 Å². The molecule has 1 heterocycles. The number of aliphatic imine (C=N–C) groups is 1. The summed E-state index contributed by atoms with van der Waals surface area (Å²) in [4.78, 5) is 29.2. The monoisotopic (exact) mass is 546 g/mol. The van der Waals surface area contributed by atoms with Gasteiger partial charge in [0.1, 0.15) is 5.75 Å². The van der Waals surface area contributed by atoms with Crippen LogP contribution in [0.2, 0.25) is 0 Å². The second kappa shape index (κ2) is 14.8. The van der Waals surface area contributed by atoms with Gasteiger partial charge < -0.3 is 26.4 Å². The molecule has 0 aromatic heterocycles. The summed E-state index contributed by atoms with van der Waals surface area (Å²) < 4.78 is 5.34. The van der Waals surface area contributed by atoms with E-state index in [-0.39, 0.29) is 36.5 Å². The molecule has 0 atom stereocenters. The first-order chi connectivity index (χ1) is 14.5. The minimum Gasteiger partial charge on any atom is -0.484 e. The number of guanidine groups is 1. The van der Waals surface area contributed by atoms with Gasteiger partial charge >= 0.3 is 0 Å². The molecule has 174 valence electrons. The summed E-state index contributed by atoms with van der Waals surface area (Å²) >= 11 is 0. The maximum atomic E-state index is 11.9. The van der Waals surface area contributed by atoms with E-state index in [0.717, 1.165) is 50.4 Å².